The Morgan fingerprint density at radius 1 is 1.43 bits per heavy atom. The number of likely N-dealkylation sites (N-methyl/N-ethyl adjacent to an activating group) is 1. The maximum atomic E-state index is 11.7. The highest BCUT2D eigenvalue weighted by Crippen LogP contribution is 2.33. The van der Waals surface area contributed by atoms with Crippen LogP contribution in [0.5, 0.6) is 5.75 Å². The maximum Gasteiger partial charge on any atom is 0.237 e. The summed E-state index contributed by atoms with van der Waals surface area (Å²) in [6, 6.07) is 8.21. The lowest BCUT2D eigenvalue weighted by atomic mass is 9.96. The van der Waals surface area contributed by atoms with Crippen LogP contribution in [0.15, 0.2) is 24.3 Å². The molecule has 0 bridgehead atoms. The topological polar surface area (TPSA) is 64.3 Å². The van der Waals surface area contributed by atoms with Crippen molar-refractivity contribution in [3.05, 3.63) is 29.8 Å². The number of rotatable bonds is 6. The van der Waals surface area contributed by atoms with Gasteiger partial charge in [-0.1, -0.05) is 32.9 Å². The van der Waals surface area contributed by atoms with Crippen LogP contribution in [-0.2, 0) is 4.79 Å². The fourth-order valence-corrected chi connectivity index (χ4v) is 3.03. The van der Waals surface area contributed by atoms with Crippen LogP contribution in [0, 0.1) is 0 Å². The highest BCUT2D eigenvalue weighted by atomic mass is 16.5. The van der Waals surface area contributed by atoms with Crippen molar-refractivity contribution in [2.75, 3.05) is 6.54 Å². The van der Waals surface area contributed by atoms with Crippen LogP contribution < -0.4 is 15.8 Å². The van der Waals surface area contributed by atoms with E-state index in [0.29, 0.717) is 12.3 Å². The van der Waals surface area contributed by atoms with Gasteiger partial charge < -0.3 is 15.8 Å². The van der Waals surface area contributed by atoms with Gasteiger partial charge in [0.2, 0.25) is 5.91 Å². The standard InChI is InChI=1S/C17H26N2O2/c1-4-19-17(16(18)20)10-9-15(11-17)21-14-7-5-13(6-8-14)12(2)3/h5-8,12,15,19H,4,9-11H2,1-3H3,(H2,18,20). The number of hydrogen-bond acceptors (Lipinski definition) is 3. The molecule has 0 radical (unpaired) electrons. The number of hydrogen-bond donors (Lipinski definition) is 2. The normalized spacial score (nSPS) is 25.2. The second kappa shape index (κ2) is 6.48. The zero-order valence-electron chi connectivity index (χ0n) is 13.2. The minimum atomic E-state index is -0.600. The van der Waals surface area contributed by atoms with Crippen molar-refractivity contribution in [1.82, 2.24) is 5.32 Å². The third kappa shape index (κ3) is 3.56. The van der Waals surface area contributed by atoms with E-state index >= 15 is 0 Å². The summed E-state index contributed by atoms with van der Waals surface area (Å²) < 4.78 is 6.01. The number of carbonyl (C=O) groups excluding carboxylic acids is 1. The molecule has 2 unspecified atom stereocenters. The molecule has 1 aromatic carbocycles. The van der Waals surface area contributed by atoms with E-state index in [1.165, 1.54) is 5.56 Å². The summed E-state index contributed by atoms with van der Waals surface area (Å²) in [5.74, 6) is 1.11. The first-order valence-corrected chi connectivity index (χ1v) is 7.78. The van der Waals surface area contributed by atoms with E-state index in [-0.39, 0.29) is 12.0 Å². The Kier molecular flexibility index (Phi) is 4.88. The lowest BCUT2D eigenvalue weighted by Gasteiger charge is -2.26. The molecule has 0 spiro atoms. The van der Waals surface area contributed by atoms with Crippen LogP contribution in [0.2, 0.25) is 0 Å². The fraction of sp³-hybridized carbons (Fsp3) is 0.588. The SMILES string of the molecule is CCNC1(C(N)=O)CCC(Oc2ccc(C(C)C)cc2)C1. The van der Waals surface area contributed by atoms with Crippen LogP contribution in [-0.4, -0.2) is 24.1 Å². The van der Waals surface area contributed by atoms with Crippen molar-refractivity contribution in [3.63, 3.8) is 0 Å². The summed E-state index contributed by atoms with van der Waals surface area (Å²) in [6.07, 6.45) is 2.27. The smallest absolute Gasteiger partial charge is 0.237 e. The van der Waals surface area contributed by atoms with Gasteiger partial charge in [-0.15, -0.1) is 0 Å². The van der Waals surface area contributed by atoms with Gasteiger partial charge in [-0.3, -0.25) is 4.79 Å². The molecular formula is C17H26N2O2. The zero-order valence-corrected chi connectivity index (χ0v) is 13.2. The quantitative estimate of drug-likeness (QED) is 0.846. The van der Waals surface area contributed by atoms with E-state index in [2.05, 4.69) is 31.3 Å². The predicted octanol–water partition coefficient (Wildman–Crippen LogP) is 2.57. The average Bonchev–Trinajstić information content (AvgIpc) is 2.84. The molecule has 1 aliphatic carbocycles. The molecule has 4 heteroatoms. The average molecular weight is 290 g/mol. The molecule has 4 nitrogen and oxygen atoms in total. The first-order chi connectivity index (χ1) is 9.97. The van der Waals surface area contributed by atoms with Crippen LogP contribution in [0.1, 0.15) is 51.5 Å². The van der Waals surface area contributed by atoms with E-state index in [9.17, 15) is 4.79 Å². The Morgan fingerprint density at radius 3 is 2.62 bits per heavy atom. The Morgan fingerprint density at radius 2 is 2.10 bits per heavy atom. The predicted molar refractivity (Wildman–Crippen MR) is 84.4 cm³/mol. The van der Waals surface area contributed by atoms with Crippen molar-refractivity contribution in [2.45, 2.75) is 57.6 Å². The Balaban J connectivity index is 2.00. The molecule has 1 fully saturated rings. The fourth-order valence-electron chi connectivity index (χ4n) is 3.03. The number of nitrogens with one attached hydrogen (secondary N) is 1. The monoisotopic (exact) mass is 290 g/mol. The van der Waals surface area contributed by atoms with Crippen LogP contribution in [0.4, 0.5) is 0 Å². The molecule has 21 heavy (non-hydrogen) atoms. The van der Waals surface area contributed by atoms with Crippen molar-refractivity contribution in [1.29, 1.82) is 0 Å². The second-order valence-corrected chi connectivity index (χ2v) is 6.18. The van der Waals surface area contributed by atoms with Gasteiger partial charge in [-0.2, -0.15) is 0 Å². The van der Waals surface area contributed by atoms with E-state index in [1.54, 1.807) is 0 Å². The largest absolute Gasteiger partial charge is 0.490 e. The molecule has 2 rings (SSSR count). The minimum absolute atomic E-state index is 0.0430. The molecule has 0 aromatic heterocycles. The number of amides is 1. The Labute approximate surface area is 127 Å². The van der Waals surface area contributed by atoms with Gasteiger partial charge in [-0.05, 0) is 43.0 Å². The molecule has 2 atom stereocenters. The van der Waals surface area contributed by atoms with Gasteiger partial charge in [0.15, 0.2) is 0 Å². The minimum Gasteiger partial charge on any atom is -0.490 e. The molecular weight excluding hydrogens is 264 g/mol. The van der Waals surface area contributed by atoms with Gasteiger partial charge in [0.1, 0.15) is 17.4 Å². The van der Waals surface area contributed by atoms with E-state index in [1.807, 2.05) is 19.1 Å². The number of ether oxygens (including phenoxy) is 1. The number of nitrogens with two attached hydrogens (primary N) is 1. The van der Waals surface area contributed by atoms with Gasteiger partial charge in [0, 0.05) is 6.42 Å². The molecule has 116 valence electrons. The third-order valence-corrected chi connectivity index (χ3v) is 4.31. The lowest BCUT2D eigenvalue weighted by molar-refractivity contribution is -0.124. The molecule has 1 saturated carbocycles. The summed E-state index contributed by atoms with van der Waals surface area (Å²) in [4.78, 5) is 11.7. The summed E-state index contributed by atoms with van der Waals surface area (Å²) in [5, 5.41) is 3.24. The lowest BCUT2D eigenvalue weighted by Crippen LogP contribution is -2.54. The zero-order chi connectivity index (χ0) is 15.5. The molecule has 0 heterocycles. The Bertz CT molecular complexity index is 484. The van der Waals surface area contributed by atoms with Gasteiger partial charge in [0.25, 0.3) is 0 Å². The van der Waals surface area contributed by atoms with Crippen LogP contribution >= 0.6 is 0 Å². The van der Waals surface area contributed by atoms with E-state index in [0.717, 1.165) is 25.1 Å². The first kappa shape index (κ1) is 15.8. The number of primary amides is 1. The summed E-state index contributed by atoms with van der Waals surface area (Å²) in [7, 11) is 0. The van der Waals surface area contributed by atoms with Gasteiger partial charge in [0.05, 0.1) is 0 Å². The molecule has 0 aliphatic heterocycles. The Hall–Kier alpha value is -1.55. The molecule has 1 aromatic rings. The molecule has 1 aliphatic rings. The van der Waals surface area contributed by atoms with Crippen molar-refractivity contribution in [3.8, 4) is 5.75 Å². The summed E-state index contributed by atoms with van der Waals surface area (Å²) in [5.41, 5.74) is 6.27. The van der Waals surface area contributed by atoms with Crippen molar-refractivity contribution < 1.29 is 9.53 Å². The van der Waals surface area contributed by atoms with E-state index < -0.39 is 5.54 Å². The van der Waals surface area contributed by atoms with E-state index in [4.69, 9.17) is 10.5 Å². The highest BCUT2D eigenvalue weighted by molar-refractivity contribution is 5.85. The third-order valence-electron chi connectivity index (χ3n) is 4.31. The number of benzene rings is 1. The van der Waals surface area contributed by atoms with Crippen LogP contribution in [0.3, 0.4) is 0 Å². The second-order valence-electron chi connectivity index (χ2n) is 6.18. The van der Waals surface area contributed by atoms with Gasteiger partial charge in [-0.25, -0.2) is 0 Å². The number of carbonyl (C=O) groups is 1. The first-order valence-electron chi connectivity index (χ1n) is 7.78. The molecule has 3 N–H and O–H groups in total. The maximum absolute atomic E-state index is 11.7. The van der Waals surface area contributed by atoms with Crippen molar-refractivity contribution >= 4 is 5.91 Å². The van der Waals surface area contributed by atoms with Gasteiger partial charge >= 0.3 is 0 Å². The molecule has 1 amide bonds. The highest BCUT2D eigenvalue weighted by Gasteiger charge is 2.44. The van der Waals surface area contributed by atoms with Crippen molar-refractivity contribution in [2.24, 2.45) is 5.73 Å². The summed E-state index contributed by atoms with van der Waals surface area (Å²) >= 11 is 0. The van der Waals surface area contributed by atoms with Crippen LogP contribution in [0.25, 0.3) is 0 Å². The summed E-state index contributed by atoms with van der Waals surface area (Å²) in [6.45, 7) is 7.07. The molecule has 0 saturated heterocycles.